The molecule has 0 fully saturated rings. The van der Waals surface area contributed by atoms with Crippen molar-refractivity contribution in [3.63, 3.8) is 0 Å². The molecule has 0 unspecified atom stereocenters. The molecule has 0 spiro atoms. The van der Waals surface area contributed by atoms with Crippen LogP contribution in [0, 0.1) is 5.82 Å². The van der Waals surface area contributed by atoms with Crippen LogP contribution in [0.3, 0.4) is 0 Å². The fourth-order valence-corrected chi connectivity index (χ4v) is 2.93. The number of H-pyrrole nitrogens is 1. The van der Waals surface area contributed by atoms with Gasteiger partial charge in [-0.2, -0.15) is 0 Å². The second-order valence-electron chi connectivity index (χ2n) is 6.05. The topological polar surface area (TPSA) is 71.2 Å². The first kappa shape index (κ1) is 18.9. The molecule has 5 nitrogen and oxygen atoms in total. The van der Waals surface area contributed by atoms with Crippen LogP contribution in [0.25, 0.3) is 10.9 Å². The van der Waals surface area contributed by atoms with E-state index < -0.39 is 24.3 Å². The lowest BCUT2D eigenvalue weighted by atomic mass is 10.1. The number of rotatable bonds is 7. The highest BCUT2D eigenvalue weighted by atomic mass is 35.5. The summed E-state index contributed by atoms with van der Waals surface area (Å²) < 4.78 is 18.5. The van der Waals surface area contributed by atoms with Crippen molar-refractivity contribution in [2.24, 2.45) is 0 Å². The monoisotopic (exact) mass is 388 g/mol. The number of hydrogen-bond acceptors (Lipinski definition) is 3. The molecule has 0 saturated heterocycles. The number of ether oxygens (including phenoxy) is 1. The van der Waals surface area contributed by atoms with E-state index in [9.17, 15) is 14.0 Å². The highest BCUT2D eigenvalue weighted by Gasteiger charge is 2.11. The van der Waals surface area contributed by atoms with E-state index in [4.69, 9.17) is 16.3 Å². The SMILES string of the molecule is O=C(COC(=O)CCCc1c[nH]c2ccccc12)Nc1cc(Cl)ccc1F. The number of aromatic amines is 1. The number of carbonyl (C=O) groups is 2. The third-order valence-corrected chi connectivity index (χ3v) is 4.30. The van der Waals surface area contributed by atoms with Gasteiger partial charge >= 0.3 is 5.97 Å². The largest absolute Gasteiger partial charge is 0.456 e. The average molecular weight is 389 g/mol. The standard InChI is InChI=1S/C20H18ClFN2O3/c21-14-8-9-16(22)18(10-14)24-19(25)12-27-20(26)7-3-4-13-11-23-17-6-2-1-5-15(13)17/h1-2,5-6,8-11,23H,3-4,7,12H2,(H,24,25). The summed E-state index contributed by atoms with van der Waals surface area (Å²) in [7, 11) is 0. The van der Waals surface area contributed by atoms with Gasteiger partial charge in [0.2, 0.25) is 0 Å². The zero-order valence-corrected chi connectivity index (χ0v) is 15.2. The summed E-state index contributed by atoms with van der Waals surface area (Å²) in [5.74, 6) is -1.71. The second-order valence-corrected chi connectivity index (χ2v) is 6.48. The molecule has 140 valence electrons. The van der Waals surface area contributed by atoms with E-state index in [1.165, 1.54) is 12.1 Å². The van der Waals surface area contributed by atoms with Crippen LogP contribution in [-0.4, -0.2) is 23.5 Å². The third-order valence-electron chi connectivity index (χ3n) is 4.07. The molecule has 0 bridgehead atoms. The number of fused-ring (bicyclic) bond motifs is 1. The Labute approximate surface area is 160 Å². The number of para-hydroxylation sites is 1. The number of nitrogens with one attached hydrogen (secondary N) is 2. The van der Waals surface area contributed by atoms with Crippen LogP contribution in [0.15, 0.2) is 48.7 Å². The van der Waals surface area contributed by atoms with Gasteiger partial charge in [-0.15, -0.1) is 0 Å². The number of esters is 1. The lowest BCUT2D eigenvalue weighted by Crippen LogP contribution is -2.21. The predicted octanol–water partition coefficient (Wildman–Crippen LogP) is 4.47. The normalized spacial score (nSPS) is 10.7. The van der Waals surface area contributed by atoms with Crippen molar-refractivity contribution in [1.82, 2.24) is 4.98 Å². The third kappa shape index (κ3) is 5.08. The number of hydrogen-bond donors (Lipinski definition) is 2. The van der Waals surface area contributed by atoms with E-state index in [1.54, 1.807) is 0 Å². The number of carbonyl (C=O) groups excluding carboxylic acids is 2. The van der Waals surface area contributed by atoms with Crippen molar-refractivity contribution in [1.29, 1.82) is 0 Å². The van der Waals surface area contributed by atoms with Gasteiger partial charge in [-0.1, -0.05) is 29.8 Å². The van der Waals surface area contributed by atoms with Crippen LogP contribution < -0.4 is 5.32 Å². The van der Waals surface area contributed by atoms with Crippen molar-refractivity contribution in [2.45, 2.75) is 19.3 Å². The van der Waals surface area contributed by atoms with E-state index in [0.29, 0.717) is 11.4 Å². The lowest BCUT2D eigenvalue weighted by molar-refractivity contribution is -0.147. The molecule has 0 atom stereocenters. The summed E-state index contributed by atoms with van der Waals surface area (Å²) in [6.07, 6.45) is 3.45. The first-order valence-corrected chi connectivity index (χ1v) is 8.86. The maximum atomic E-state index is 13.6. The molecule has 7 heteroatoms. The first-order chi connectivity index (χ1) is 13.0. The van der Waals surface area contributed by atoms with Crippen LogP contribution >= 0.6 is 11.6 Å². The molecule has 2 N–H and O–H groups in total. The molecule has 1 heterocycles. The second kappa shape index (κ2) is 8.68. The molecule has 0 aliphatic carbocycles. The van der Waals surface area contributed by atoms with Crippen molar-refractivity contribution < 1.29 is 18.7 Å². The van der Waals surface area contributed by atoms with Gasteiger partial charge in [-0.05, 0) is 42.7 Å². The molecule has 1 aromatic heterocycles. The molecule has 0 aliphatic rings. The van der Waals surface area contributed by atoms with Gasteiger partial charge in [0.15, 0.2) is 6.61 Å². The summed E-state index contributed by atoms with van der Waals surface area (Å²) in [5, 5.41) is 3.75. The number of aryl methyl sites for hydroxylation is 1. The molecule has 0 aliphatic heterocycles. The number of halogens is 2. The summed E-state index contributed by atoms with van der Waals surface area (Å²) >= 11 is 5.76. The molecule has 3 rings (SSSR count). The summed E-state index contributed by atoms with van der Waals surface area (Å²) in [5.41, 5.74) is 2.13. The van der Waals surface area contributed by atoms with E-state index in [-0.39, 0.29) is 12.1 Å². The smallest absolute Gasteiger partial charge is 0.306 e. The van der Waals surface area contributed by atoms with E-state index in [2.05, 4.69) is 10.3 Å². The number of anilines is 1. The molecule has 0 saturated carbocycles. The summed E-state index contributed by atoms with van der Waals surface area (Å²) in [4.78, 5) is 26.8. The minimum Gasteiger partial charge on any atom is -0.456 e. The lowest BCUT2D eigenvalue weighted by Gasteiger charge is -2.08. The Kier molecular flexibility index (Phi) is 6.08. The van der Waals surface area contributed by atoms with Crippen molar-refractivity contribution in [3.8, 4) is 0 Å². The summed E-state index contributed by atoms with van der Waals surface area (Å²) in [6, 6.07) is 11.8. The average Bonchev–Trinajstić information content (AvgIpc) is 3.06. The zero-order chi connectivity index (χ0) is 19.2. The van der Waals surface area contributed by atoms with Crippen LogP contribution in [-0.2, 0) is 20.7 Å². The van der Waals surface area contributed by atoms with Crippen LogP contribution in [0.2, 0.25) is 5.02 Å². The molecular formula is C20H18ClFN2O3. The fourth-order valence-electron chi connectivity index (χ4n) is 2.76. The van der Waals surface area contributed by atoms with Gasteiger partial charge in [-0.3, -0.25) is 9.59 Å². The van der Waals surface area contributed by atoms with Crippen molar-refractivity contribution in [3.05, 3.63) is 65.1 Å². The van der Waals surface area contributed by atoms with Gasteiger partial charge in [0.25, 0.3) is 5.91 Å². The molecule has 0 radical (unpaired) electrons. The van der Waals surface area contributed by atoms with Gasteiger partial charge < -0.3 is 15.0 Å². The Morgan fingerprint density at radius 1 is 1.19 bits per heavy atom. The number of aromatic nitrogens is 1. The highest BCUT2D eigenvalue weighted by molar-refractivity contribution is 6.30. The Morgan fingerprint density at radius 2 is 2.00 bits per heavy atom. The molecular weight excluding hydrogens is 371 g/mol. The number of benzene rings is 2. The van der Waals surface area contributed by atoms with Gasteiger partial charge in [0.1, 0.15) is 5.82 Å². The summed E-state index contributed by atoms with van der Waals surface area (Å²) in [6.45, 7) is -0.474. The van der Waals surface area contributed by atoms with Gasteiger partial charge in [0.05, 0.1) is 5.69 Å². The Bertz CT molecular complexity index is 971. The minimum atomic E-state index is -0.624. The van der Waals surface area contributed by atoms with E-state index in [0.717, 1.165) is 29.0 Å². The Hall–Kier alpha value is -2.86. The molecule has 3 aromatic rings. The van der Waals surface area contributed by atoms with Crippen molar-refractivity contribution >= 4 is 40.1 Å². The zero-order valence-electron chi connectivity index (χ0n) is 14.4. The molecule has 27 heavy (non-hydrogen) atoms. The Balaban J connectivity index is 1.41. The molecule has 2 aromatic carbocycles. The minimum absolute atomic E-state index is 0.0529. The predicted molar refractivity (Wildman–Crippen MR) is 102 cm³/mol. The van der Waals surface area contributed by atoms with Crippen LogP contribution in [0.4, 0.5) is 10.1 Å². The number of amides is 1. The first-order valence-electron chi connectivity index (χ1n) is 8.48. The highest BCUT2D eigenvalue weighted by Crippen LogP contribution is 2.20. The van der Waals surface area contributed by atoms with Crippen LogP contribution in [0.1, 0.15) is 18.4 Å². The fraction of sp³-hybridized carbons (Fsp3) is 0.200. The maximum Gasteiger partial charge on any atom is 0.306 e. The van der Waals surface area contributed by atoms with Gasteiger partial charge in [-0.25, -0.2) is 4.39 Å². The molecule has 1 amide bonds. The Morgan fingerprint density at radius 3 is 2.85 bits per heavy atom. The van der Waals surface area contributed by atoms with Crippen molar-refractivity contribution in [2.75, 3.05) is 11.9 Å². The van der Waals surface area contributed by atoms with E-state index >= 15 is 0 Å². The van der Waals surface area contributed by atoms with Crippen LogP contribution in [0.5, 0.6) is 0 Å². The quantitative estimate of drug-likeness (QED) is 0.587. The van der Waals surface area contributed by atoms with Gasteiger partial charge in [0, 0.05) is 28.5 Å². The van der Waals surface area contributed by atoms with E-state index in [1.807, 2.05) is 30.5 Å². The maximum absolute atomic E-state index is 13.6.